The predicted molar refractivity (Wildman–Crippen MR) is 77.4 cm³/mol. The van der Waals surface area contributed by atoms with Crippen molar-refractivity contribution in [1.29, 1.82) is 0 Å². The van der Waals surface area contributed by atoms with E-state index in [4.69, 9.17) is 23.2 Å². The van der Waals surface area contributed by atoms with Crippen molar-refractivity contribution in [3.63, 3.8) is 0 Å². The van der Waals surface area contributed by atoms with Gasteiger partial charge in [-0.2, -0.15) is 0 Å². The highest BCUT2D eigenvalue weighted by atomic mass is 35.5. The lowest BCUT2D eigenvalue weighted by Crippen LogP contribution is -2.17. The first-order chi connectivity index (χ1) is 8.70. The molecule has 0 radical (unpaired) electrons. The summed E-state index contributed by atoms with van der Waals surface area (Å²) in [4.78, 5) is 6.17. The average molecular weight is 281 g/mol. The molecule has 0 fully saturated rings. The Bertz CT molecular complexity index is 514. The van der Waals surface area contributed by atoms with Crippen molar-refractivity contribution < 1.29 is 0 Å². The number of alkyl halides is 1. The fourth-order valence-electron chi connectivity index (χ4n) is 1.88. The number of aromatic nitrogens is 1. The number of hydrogen-bond donors (Lipinski definition) is 0. The molecule has 1 heterocycles. The van der Waals surface area contributed by atoms with Gasteiger partial charge in [-0.3, -0.25) is 4.98 Å². The Balaban J connectivity index is 2.21. The number of halogens is 2. The van der Waals surface area contributed by atoms with Crippen molar-refractivity contribution >= 4 is 28.9 Å². The maximum Gasteiger partial charge on any atom is 0.0495 e. The Kier molecular flexibility index (Phi) is 4.45. The van der Waals surface area contributed by atoms with E-state index < -0.39 is 0 Å². The Morgan fingerprint density at radius 2 is 1.89 bits per heavy atom. The smallest absolute Gasteiger partial charge is 0.0495 e. The van der Waals surface area contributed by atoms with Gasteiger partial charge >= 0.3 is 0 Å². The van der Waals surface area contributed by atoms with Crippen LogP contribution >= 0.6 is 23.2 Å². The van der Waals surface area contributed by atoms with Crippen molar-refractivity contribution in [3.8, 4) is 0 Å². The average Bonchev–Trinajstić information content (AvgIpc) is 2.39. The molecule has 2 nitrogen and oxygen atoms in total. The van der Waals surface area contributed by atoms with Crippen LogP contribution in [0.1, 0.15) is 11.1 Å². The SMILES string of the molecule is CN(Cc1ccncc1)c1ccc(Cl)cc1CCl. The summed E-state index contributed by atoms with van der Waals surface area (Å²) in [6.07, 6.45) is 3.60. The molecule has 0 spiro atoms. The quantitative estimate of drug-likeness (QED) is 0.784. The fourth-order valence-corrected chi connectivity index (χ4v) is 2.29. The van der Waals surface area contributed by atoms with E-state index in [1.807, 2.05) is 37.4 Å². The lowest BCUT2D eigenvalue weighted by molar-refractivity contribution is 0.913. The maximum absolute atomic E-state index is 5.98. The van der Waals surface area contributed by atoms with E-state index in [1.54, 1.807) is 12.4 Å². The summed E-state index contributed by atoms with van der Waals surface area (Å²) in [5.41, 5.74) is 3.36. The molecular weight excluding hydrogens is 267 g/mol. The minimum absolute atomic E-state index is 0.455. The van der Waals surface area contributed by atoms with Gasteiger partial charge in [-0.1, -0.05) is 11.6 Å². The Morgan fingerprint density at radius 3 is 2.56 bits per heavy atom. The van der Waals surface area contributed by atoms with Crippen LogP contribution in [0.25, 0.3) is 0 Å². The number of anilines is 1. The minimum atomic E-state index is 0.455. The molecule has 2 rings (SSSR count). The van der Waals surface area contributed by atoms with Gasteiger partial charge in [-0.15, -0.1) is 11.6 Å². The maximum atomic E-state index is 5.98. The Hall–Kier alpha value is -1.25. The number of benzene rings is 1. The summed E-state index contributed by atoms with van der Waals surface area (Å²) in [6.45, 7) is 0.814. The summed E-state index contributed by atoms with van der Waals surface area (Å²) in [7, 11) is 2.04. The van der Waals surface area contributed by atoms with Crippen LogP contribution in [-0.4, -0.2) is 12.0 Å². The van der Waals surface area contributed by atoms with Crippen LogP contribution in [-0.2, 0) is 12.4 Å². The van der Waals surface area contributed by atoms with Gasteiger partial charge in [0.15, 0.2) is 0 Å². The summed E-state index contributed by atoms with van der Waals surface area (Å²) >= 11 is 11.9. The molecule has 0 aliphatic heterocycles. The molecular formula is C14H14Cl2N2. The molecule has 0 bridgehead atoms. The van der Waals surface area contributed by atoms with E-state index >= 15 is 0 Å². The van der Waals surface area contributed by atoms with Crippen molar-refractivity contribution in [2.75, 3.05) is 11.9 Å². The number of rotatable bonds is 4. The van der Waals surface area contributed by atoms with Crippen molar-refractivity contribution in [1.82, 2.24) is 4.98 Å². The summed E-state index contributed by atoms with van der Waals surface area (Å²) in [6, 6.07) is 9.81. The van der Waals surface area contributed by atoms with Gasteiger partial charge < -0.3 is 4.90 Å². The zero-order valence-corrected chi connectivity index (χ0v) is 11.6. The van der Waals surface area contributed by atoms with Crippen molar-refractivity contribution in [2.24, 2.45) is 0 Å². The lowest BCUT2D eigenvalue weighted by atomic mass is 10.1. The van der Waals surface area contributed by atoms with Crippen molar-refractivity contribution in [3.05, 3.63) is 58.9 Å². The van der Waals surface area contributed by atoms with Crippen LogP contribution < -0.4 is 4.90 Å². The van der Waals surface area contributed by atoms with Gasteiger partial charge in [-0.05, 0) is 41.5 Å². The summed E-state index contributed by atoms with van der Waals surface area (Å²) < 4.78 is 0. The topological polar surface area (TPSA) is 16.1 Å². The van der Waals surface area contributed by atoms with Crippen LogP contribution in [0.4, 0.5) is 5.69 Å². The Labute approximate surface area is 117 Å². The number of pyridine rings is 1. The molecule has 2 aromatic rings. The van der Waals surface area contributed by atoms with Gasteiger partial charge in [0.2, 0.25) is 0 Å². The van der Waals surface area contributed by atoms with E-state index in [0.717, 1.165) is 17.8 Å². The zero-order chi connectivity index (χ0) is 13.0. The highest BCUT2D eigenvalue weighted by Crippen LogP contribution is 2.26. The Morgan fingerprint density at radius 1 is 1.17 bits per heavy atom. The van der Waals surface area contributed by atoms with Gasteiger partial charge in [0.1, 0.15) is 0 Å². The van der Waals surface area contributed by atoms with Gasteiger partial charge in [0.25, 0.3) is 0 Å². The molecule has 0 unspecified atom stereocenters. The van der Waals surface area contributed by atoms with E-state index in [1.165, 1.54) is 5.56 Å². The minimum Gasteiger partial charge on any atom is -0.370 e. The third-order valence-corrected chi connectivity index (χ3v) is 3.29. The first kappa shape index (κ1) is 13.2. The molecule has 0 N–H and O–H groups in total. The van der Waals surface area contributed by atoms with Crippen LogP contribution in [0.15, 0.2) is 42.7 Å². The highest BCUT2D eigenvalue weighted by Gasteiger charge is 2.08. The van der Waals surface area contributed by atoms with E-state index in [9.17, 15) is 0 Å². The lowest BCUT2D eigenvalue weighted by Gasteiger charge is -2.22. The van der Waals surface area contributed by atoms with E-state index in [0.29, 0.717) is 10.9 Å². The second-order valence-corrected chi connectivity index (χ2v) is 4.82. The fraction of sp³-hybridized carbons (Fsp3) is 0.214. The monoisotopic (exact) mass is 280 g/mol. The number of hydrogen-bond acceptors (Lipinski definition) is 2. The second-order valence-electron chi connectivity index (χ2n) is 4.12. The second kappa shape index (κ2) is 6.07. The molecule has 94 valence electrons. The largest absolute Gasteiger partial charge is 0.370 e. The molecule has 4 heteroatoms. The predicted octanol–water partition coefficient (Wildman–Crippen LogP) is 4.11. The van der Waals surface area contributed by atoms with E-state index in [-0.39, 0.29) is 0 Å². The van der Waals surface area contributed by atoms with Gasteiger partial charge in [0.05, 0.1) is 0 Å². The van der Waals surface area contributed by atoms with Gasteiger partial charge in [-0.25, -0.2) is 0 Å². The molecule has 0 atom stereocenters. The van der Waals surface area contributed by atoms with Crippen LogP contribution in [0.3, 0.4) is 0 Å². The first-order valence-electron chi connectivity index (χ1n) is 5.65. The van der Waals surface area contributed by atoms with E-state index in [2.05, 4.69) is 9.88 Å². The van der Waals surface area contributed by atoms with Gasteiger partial charge in [0, 0.05) is 42.6 Å². The molecule has 0 saturated heterocycles. The molecule has 0 saturated carbocycles. The van der Waals surface area contributed by atoms with Crippen LogP contribution in [0, 0.1) is 0 Å². The standard InChI is InChI=1S/C14H14Cl2N2/c1-18(10-11-4-6-17-7-5-11)14-3-2-13(16)8-12(14)9-15/h2-8H,9-10H2,1H3. The first-order valence-corrected chi connectivity index (χ1v) is 6.56. The molecule has 1 aromatic heterocycles. The van der Waals surface area contributed by atoms with Crippen LogP contribution in [0.2, 0.25) is 5.02 Å². The molecule has 18 heavy (non-hydrogen) atoms. The van der Waals surface area contributed by atoms with Crippen molar-refractivity contribution in [2.45, 2.75) is 12.4 Å². The third kappa shape index (κ3) is 3.15. The molecule has 0 amide bonds. The normalized spacial score (nSPS) is 10.4. The number of nitrogens with zero attached hydrogens (tertiary/aromatic N) is 2. The van der Waals surface area contributed by atoms with Crippen LogP contribution in [0.5, 0.6) is 0 Å². The third-order valence-electron chi connectivity index (χ3n) is 2.77. The molecule has 1 aromatic carbocycles. The zero-order valence-electron chi connectivity index (χ0n) is 10.1. The highest BCUT2D eigenvalue weighted by molar-refractivity contribution is 6.30. The summed E-state index contributed by atoms with van der Waals surface area (Å²) in [5, 5.41) is 0.715. The summed E-state index contributed by atoms with van der Waals surface area (Å²) in [5.74, 6) is 0.455. The molecule has 0 aliphatic carbocycles. The molecule has 0 aliphatic rings.